The van der Waals surface area contributed by atoms with Crippen molar-refractivity contribution in [3.63, 3.8) is 0 Å². The second kappa shape index (κ2) is 16.8. The normalized spacial score (nSPS) is 11.5. The minimum Gasteiger partial charge on any atom is -0.744 e. The van der Waals surface area contributed by atoms with E-state index in [0.717, 1.165) is 11.0 Å². The summed E-state index contributed by atoms with van der Waals surface area (Å²) in [5, 5.41) is 20.7. The van der Waals surface area contributed by atoms with Crippen LogP contribution in [-0.4, -0.2) is 47.9 Å². The maximum absolute atomic E-state index is 10.6. The molecule has 0 aromatic heterocycles. The molecule has 0 spiro atoms. The van der Waals surface area contributed by atoms with Gasteiger partial charge in [-0.3, -0.25) is 20.2 Å². The van der Waals surface area contributed by atoms with Crippen molar-refractivity contribution in [3.05, 3.63) is 74.3 Å². The lowest BCUT2D eigenvalue weighted by atomic mass is 10.1. The van der Waals surface area contributed by atoms with E-state index >= 15 is 0 Å². The lowest BCUT2D eigenvalue weighted by Gasteiger charge is -2.30. The average Bonchev–Trinajstić information content (AvgIpc) is 2.85. The zero-order chi connectivity index (χ0) is 28.6. The number of hydrogen-bond donors (Lipinski definition) is 0. The van der Waals surface area contributed by atoms with Gasteiger partial charge in [-0.15, -0.1) is 0 Å². The molecule has 0 saturated carbocycles. The Kier molecular flexibility index (Phi) is 14.7. The van der Waals surface area contributed by atoms with E-state index in [1.165, 1.54) is 76.3 Å². The van der Waals surface area contributed by atoms with Gasteiger partial charge < -0.3 is 9.04 Å². The van der Waals surface area contributed by atoms with Gasteiger partial charge in [0, 0.05) is 11.6 Å². The lowest BCUT2D eigenvalue weighted by molar-refractivity contribution is -0.903. The third-order valence-electron chi connectivity index (χ3n) is 6.19. The van der Waals surface area contributed by atoms with Gasteiger partial charge in [0.2, 0.25) is 0 Å². The minimum absolute atomic E-state index is 0.421. The molecule has 0 N–H and O–H groups in total. The summed E-state index contributed by atoms with van der Waals surface area (Å²) in [5.41, 5.74) is -0.317. The second-order valence-corrected chi connectivity index (χ2v) is 11.5. The Bertz CT molecular complexity index is 1110. The van der Waals surface area contributed by atoms with Crippen LogP contribution in [0.5, 0.6) is 0 Å². The summed E-state index contributed by atoms with van der Waals surface area (Å²) in [6.45, 7) is 4.74. The maximum Gasteiger partial charge on any atom is 0.293 e. The highest BCUT2D eigenvalue weighted by atomic mass is 32.2. The van der Waals surface area contributed by atoms with Crippen molar-refractivity contribution in [2.24, 2.45) is 0 Å². The van der Waals surface area contributed by atoms with Crippen LogP contribution in [0.25, 0.3) is 0 Å². The molecule has 2 aromatic rings. The van der Waals surface area contributed by atoms with Crippen LogP contribution >= 0.6 is 0 Å². The van der Waals surface area contributed by atoms with Crippen molar-refractivity contribution >= 4 is 21.5 Å². The summed E-state index contributed by atoms with van der Waals surface area (Å²) in [6.07, 6.45) is 14.2. The van der Waals surface area contributed by atoms with Crippen molar-refractivity contribution in [1.82, 2.24) is 0 Å². The van der Waals surface area contributed by atoms with Crippen LogP contribution in [0.4, 0.5) is 11.4 Å². The van der Waals surface area contributed by atoms with Gasteiger partial charge in [-0.1, -0.05) is 88.6 Å². The highest BCUT2D eigenvalue weighted by Gasteiger charge is 2.23. The number of benzene rings is 2. The molecular weight excluding hydrogens is 510 g/mol. The third-order valence-corrected chi connectivity index (χ3v) is 7.07. The molecule has 0 aliphatic rings. The fourth-order valence-corrected chi connectivity index (χ4v) is 4.78. The summed E-state index contributed by atoms with van der Waals surface area (Å²) in [7, 11) is -0.312. The van der Waals surface area contributed by atoms with Gasteiger partial charge in [-0.2, -0.15) is 0 Å². The van der Waals surface area contributed by atoms with Crippen molar-refractivity contribution in [2.45, 2.75) is 82.6 Å². The molecule has 2 rings (SSSR count). The van der Waals surface area contributed by atoms with Crippen LogP contribution in [0.3, 0.4) is 0 Å². The first-order valence-corrected chi connectivity index (χ1v) is 14.5. The van der Waals surface area contributed by atoms with Gasteiger partial charge in [-0.05, 0) is 18.9 Å². The fraction of sp³-hybridized carbons (Fsp3) is 0.556. The second-order valence-electron chi connectivity index (χ2n) is 10.1. The van der Waals surface area contributed by atoms with Gasteiger partial charge in [0.1, 0.15) is 21.6 Å². The van der Waals surface area contributed by atoms with Crippen molar-refractivity contribution < 1.29 is 27.3 Å². The molecule has 2 aromatic carbocycles. The van der Waals surface area contributed by atoms with Crippen LogP contribution in [-0.2, 0) is 16.7 Å². The summed E-state index contributed by atoms with van der Waals surface area (Å²) in [4.78, 5) is 17.5. The Labute approximate surface area is 226 Å². The molecule has 0 unspecified atom stereocenters. The number of nitrogens with zero attached hydrogens (tertiary/aromatic N) is 3. The highest BCUT2D eigenvalue weighted by Crippen LogP contribution is 2.27. The SMILES string of the molecule is CCCCCCCCCCCC[N+](C)(C)Cc1ccccc1.O=[N+]([O-])c1ccc(S(=O)(=O)[O-])c([N+](=O)[O-])c1. The number of quaternary nitrogens is 1. The van der Waals surface area contributed by atoms with E-state index in [1.54, 1.807) is 0 Å². The van der Waals surface area contributed by atoms with Crippen LogP contribution < -0.4 is 0 Å². The first kappa shape index (κ1) is 33.1. The van der Waals surface area contributed by atoms with Crippen LogP contribution in [0.2, 0.25) is 0 Å². The number of unbranched alkanes of at least 4 members (excludes halogenated alkanes) is 9. The first-order chi connectivity index (χ1) is 17.9. The van der Waals surface area contributed by atoms with Crippen LogP contribution in [0.15, 0.2) is 53.4 Å². The van der Waals surface area contributed by atoms with Gasteiger partial charge in [0.05, 0.1) is 36.6 Å². The quantitative estimate of drug-likeness (QED) is 0.0752. The smallest absolute Gasteiger partial charge is 0.293 e. The molecule has 0 bridgehead atoms. The van der Waals surface area contributed by atoms with Gasteiger partial charge in [0.15, 0.2) is 0 Å². The van der Waals surface area contributed by atoms with E-state index < -0.39 is 36.2 Å². The van der Waals surface area contributed by atoms with Crippen molar-refractivity contribution in [3.8, 4) is 0 Å². The molecule has 212 valence electrons. The van der Waals surface area contributed by atoms with E-state index in [0.29, 0.717) is 18.2 Å². The summed E-state index contributed by atoms with van der Waals surface area (Å²) in [6, 6.07) is 12.6. The Morgan fingerprint density at radius 1 is 0.763 bits per heavy atom. The molecule has 0 radical (unpaired) electrons. The standard InChI is InChI=1S/C21H38N.C6H4N2O7S/c1-4-5-6-7-8-9-10-11-12-16-19-22(2,3)20-21-17-14-13-15-18-21;9-7(10)4-1-2-6(16(13,14)15)5(3-4)8(11)12/h13-15,17-18H,4-12,16,19-20H2,1-3H3;1-3H,(H,13,14,15)/q+1;/p-1. The topological polar surface area (TPSA) is 143 Å². The maximum atomic E-state index is 10.6. The third kappa shape index (κ3) is 13.6. The Morgan fingerprint density at radius 3 is 1.76 bits per heavy atom. The van der Waals surface area contributed by atoms with Crippen LogP contribution in [0.1, 0.15) is 76.7 Å². The van der Waals surface area contributed by atoms with Crippen molar-refractivity contribution in [2.75, 3.05) is 20.6 Å². The van der Waals surface area contributed by atoms with Gasteiger partial charge >= 0.3 is 0 Å². The molecule has 0 atom stereocenters. The number of nitro groups is 2. The van der Waals surface area contributed by atoms with E-state index in [-0.39, 0.29) is 0 Å². The molecule has 0 saturated heterocycles. The Balaban J connectivity index is 0.000000399. The van der Waals surface area contributed by atoms with E-state index in [1.807, 2.05) is 0 Å². The largest absolute Gasteiger partial charge is 0.744 e. The lowest BCUT2D eigenvalue weighted by Crippen LogP contribution is -2.39. The number of rotatable bonds is 16. The molecule has 0 aliphatic carbocycles. The zero-order valence-corrected chi connectivity index (χ0v) is 23.5. The number of nitro benzene ring substituents is 2. The molecule has 0 aliphatic heterocycles. The Hall–Kier alpha value is -2.89. The minimum atomic E-state index is -5.04. The van der Waals surface area contributed by atoms with Crippen LogP contribution in [0, 0.1) is 20.2 Å². The van der Waals surface area contributed by atoms with E-state index in [2.05, 4.69) is 51.4 Å². The molecule has 11 heteroatoms. The predicted octanol–water partition coefficient (Wildman–Crippen LogP) is 6.59. The average molecular weight is 552 g/mol. The number of non-ortho nitro benzene ring substituents is 1. The fourth-order valence-electron chi connectivity index (χ4n) is 4.16. The molecule has 0 heterocycles. The highest BCUT2D eigenvalue weighted by molar-refractivity contribution is 7.85. The van der Waals surface area contributed by atoms with E-state index in [4.69, 9.17) is 0 Å². The monoisotopic (exact) mass is 551 g/mol. The molecular formula is C27H41N3O7S. The molecule has 0 amide bonds. The zero-order valence-electron chi connectivity index (χ0n) is 22.7. The summed E-state index contributed by atoms with van der Waals surface area (Å²) in [5.74, 6) is 0. The summed E-state index contributed by atoms with van der Waals surface area (Å²) >= 11 is 0. The van der Waals surface area contributed by atoms with Gasteiger partial charge in [0.25, 0.3) is 11.4 Å². The van der Waals surface area contributed by atoms with Gasteiger partial charge in [-0.25, -0.2) is 8.42 Å². The first-order valence-electron chi connectivity index (χ1n) is 13.1. The summed E-state index contributed by atoms with van der Waals surface area (Å²) < 4.78 is 32.9. The predicted molar refractivity (Wildman–Crippen MR) is 147 cm³/mol. The van der Waals surface area contributed by atoms with Crippen molar-refractivity contribution in [1.29, 1.82) is 0 Å². The molecule has 38 heavy (non-hydrogen) atoms. The molecule has 10 nitrogen and oxygen atoms in total. The Morgan fingerprint density at radius 2 is 1.29 bits per heavy atom. The van der Waals surface area contributed by atoms with E-state index in [9.17, 15) is 33.2 Å². The molecule has 0 fully saturated rings. The number of hydrogen-bond acceptors (Lipinski definition) is 7.